The lowest BCUT2D eigenvalue weighted by Crippen LogP contribution is -2.27. The fraction of sp³-hybridized carbons (Fsp3) is 0.400. The van der Waals surface area contributed by atoms with Gasteiger partial charge < -0.3 is 9.84 Å². The first-order valence-electron chi connectivity index (χ1n) is 9.11. The highest BCUT2D eigenvalue weighted by atomic mass is 35.5. The summed E-state index contributed by atoms with van der Waals surface area (Å²) in [5.41, 5.74) is 2.56. The summed E-state index contributed by atoms with van der Waals surface area (Å²) in [5.74, 6) is 2.01. The maximum Gasteiger partial charge on any atom is 0.155 e. The van der Waals surface area contributed by atoms with Gasteiger partial charge in [-0.3, -0.25) is 4.40 Å². The van der Waals surface area contributed by atoms with Crippen molar-refractivity contribution in [1.29, 1.82) is 0 Å². The third-order valence-electron chi connectivity index (χ3n) is 4.89. The molecule has 26 heavy (non-hydrogen) atoms. The number of aromatic nitrogens is 3. The lowest BCUT2D eigenvalue weighted by Gasteiger charge is -2.30. The first kappa shape index (κ1) is 17.3. The number of rotatable bonds is 6. The number of aliphatic hydroxyl groups is 1. The van der Waals surface area contributed by atoms with Gasteiger partial charge in [-0.1, -0.05) is 37.1 Å². The normalized spacial score (nSPS) is 19.5. The predicted octanol–water partition coefficient (Wildman–Crippen LogP) is 4.47. The number of hydrogen-bond acceptors (Lipinski definition) is 4. The second-order valence-electron chi connectivity index (χ2n) is 6.81. The summed E-state index contributed by atoms with van der Waals surface area (Å²) in [6.07, 6.45) is 6.94. The minimum atomic E-state index is -0.233. The van der Waals surface area contributed by atoms with E-state index in [9.17, 15) is 5.11 Å². The van der Waals surface area contributed by atoms with Crippen molar-refractivity contribution in [3.05, 3.63) is 47.6 Å². The Morgan fingerprint density at radius 1 is 1.35 bits per heavy atom. The van der Waals surface area contributed by atoms with Crippen LogP contribution in [0, 0.1) is 0 Å². The van der Waals surface area contributed by atoms with E-state index in [0.29, 0.717) is 11.8 Å². The van der Waals surface area contributed by atoms with Crippen molar-refractivity contribution in [3.8, 4) is 17.0 Å². The first-order valence-corrected chi connectivity index (χ1v) is 9.49. The lowest BCUT2D eigenvalue weighted by molar-refractivity contribution is 0.0715. The van der Waals surface area contributed by atoms with Gasteiger partial charge in [-0.05, 0) is 31.4 Å². The van der Waals surface area contributed by atoms with Gasteiger partial charge in [0.05, 0.1) is 18.4 Å². The van der Waals surface area contributed by atoms with Gasteiger partial charge in [-0.15, -0.1) is 0 Å². The van der Waals surface area contributed by atoms with Crippen molar-refractivity contribution in [2.24, 2.45) is 0 Å². The van der Waals surface area contributed by atoms with Crippen LogP contribution < -0.4 is 4.74 Å². The Balaban J connectivity index is 1.75. The van der Waals surface area contributed by atoms with E-state index in [-0.39, 0.29) is 12.0 Å². The molecule has 1 aromatic carbocycles. The molecule has 0 amide bonds. The van der Waals surface area contributed by atoms with E-state index in [1.165, 1.54) is 0 Å². The number of unbranched alkanes of at least 4 members (excludes halogenated alkanes) is 1. The van der Waals surface area contributed by atoms with Crippen molar-refractivity contribution in [2.45, 2.75) is 44.6 Å². The molecule has 0 bridgehead atoms. The Bertz CT molecular complexity index is 919. The number of benzene rings is 1. The monoisotopic (exact) mass is 371 g/mol. The maximum absolute atomic E-state index is 9.68. The van der Waals surface area contributed by atoms with Crippen LogP contribution in [-0.2, 0) is 0 Å². The van der Waals surface area contributed by atoms with E-state index < -0.39 is 0 Å². The van der Waals surface area contributed by atoms with Crippen LogP contribution in [0.5, 0.6) is 5.75 Å². The van der Waals surface area contributed by atoms with Crippen molar-refractivity contribution in [3.63, 3.8) is 0 Å². The summed E-state index contributed by atoms with van der Waals surface area (Å²) < 4.78 is 7.84. The van der Waals surface area contributed by atoms with Crippen LogP contribution in [0.25, 0.3) is 16.8 Å². The highest BCUT2D eigenvalue weighted by Gasteiger charge is 2.33. The minimum absolute atomic E-state index is 0.233. The summed E-state index contributed by atoms with van der Waals surface area (Å²) >= 11 is 6.41. The van der Waals surface area contributed by atoms with Crippen LogP contribution in [0.15, 0.2) is 36.7 Å². The number of aliphatic hydroxyl groups excluding tert-OH is 1. The van der Waals surface area contributed by atoms with Crippen molar-refractivity contribution in [1.82, 2.24) is 14.4 Å². The molecule has 2 heterocycles. The average Bonchev–Trinajstić information content (AvgIpc) is 3.00. The van der Waals surface area contributed by atoms with Crippen LogP contribution in [0.2, 0.25) is 5.15 Å². The van der Waals surface area contributed by atoms with Gasteiger partial charge in [0, 0.05) is 23.9 Å². The van der Waals surface area contributed by atoms with Gasteiger partial charge >= 0.3 is 0 Å². The van der Waals surface area contributed by atoms with Crippen LogP contribution >= 0.6 is 11.6 Å². The maximum atomic E-state index is 9.68. The number of halogens is 1. The van der Waals surface area contributed by atoms with Gasteiger partial charge in [0.25, 0.3) is 0 Å². The third kappa shape index (κ3) is 3.17. The van der Waals surface area contributed by atoms with Gasteiger partial charge in [0.15, 0.2) is 5.15 Å². The van der Waals surface area contributed by atoms with Crippen LogP contribution in [0.4, 0.5) is 0 Å². The molecule has 1 aliphatic rings. The Kier molecular flexibility index (Phi) is 4.83. The van der Waals surface area contributed by atoms with E-state index in [0.717, 1.165) is 54.0 Å². The average molecular weight is 372 g/mol. The topological polar surface area (TPSA) is 59.7 Å². The zero-order chi connectivity index (χ0) is 18.1. The summed E-state index contributed by atoms with van der Waals surface area (Å²) in [7, 11) is 0. The van der Waals surface area contributed by atoms with Gasteiger partial charge in [0.2, 0.25) is 0 Å². The van der Waals surface area contributed by atoms with Crippen molar-refractivity contribution >= 4 is 17.1 Å². The molecule has 0 spiro atoms. The number of hydrogen-bond donors (Lipinski definition) is 1. The largest absolute Gasteiger partial charge is 0.494 e. The molecule has 3 aromatic rings. The molecular weight excluding hydrogens is 350 g/mol. The molecule has 1 fully saturated rings. The Morgan fingerprint density at radius 3 is 2.96 bits per heavy atom. The Morgan fingerprint density at radius 2 is 2.19 bits per heavy atom. The number of ether oxygens (including phenoxy) is 1. The van der Waals surface area contributed by atoms with Crippen molar-refractivity contribution in [2.75, 3.05) is 6.61 Å². The van der Waals surface area contributed by atoms with E-state index in [4.69, 9.17) is 21.3 Å². The van der Waals surface area contributed by atoms with Crippen molar-refractivity contribution < 1.29 is 9.84 Å². The lowest BCUT2D eigenvalue weighted by atomic mass is 9.82. The molecule has 4 rings (SSSR count). The van der Waals surface area contributed by atoms with Crippen LogP contribution in [0.3, 0.4) is 0 Å². The molecule has 6 heteroatoms. The zero-order valence-corrected chi connectivity index (χ0v) is 15.5. The highest BCUT2D eigenvalue weighted by Crippen LogP contribution is 2.40. The summed E-state index contributed by atoms with van der Waals surface area (Å²) in [5, 5.41) is 10.1. The molecule has 0 radical (unpaired) electrons. The third-order valence-corrected chi connectivity index (χ3v) is 5.17. The molecule has 0 saturated heterocycles. The molecule has 0 unspecified atom stereocenters. The quantitative estimate of drug-likeness (QED) is 0.649. The molecule has 1 aliphatic carbocycles. The van der Waals surface area contributed by atoms with Gasteiger partial charge in [-0.25, -0.2) is 9.97 Å². The molecule has 5 nitrogen and oxygen atoms in total. The Hall–Kier alpha value is -2.11. The molecule has 1 saturated carbocycles. The van der Waals surface area contributed by atoms with Gasteiger partial charge in [-0.2, -0.15) is 0 Å². The van der Waals surface area contributed by atoms with Crippen LogP contribution in [0.1, 0.15) is 44.3 Å². The SMILES string of the molecule is CCCCOc1cccc(-c2nc([C@H]3C[C@@H](O)C3)n3ccnc(Cl)c23)c1. The molecular formula is C20H22ClN3O2. The van der Waals surface area contributed by atoms with E-state index in [1.54, 1.807) is 6.20 Å². The highest BCUT2D eigenvalue weighted by molar-refractivity contribution is 6.33. The molecule has 2 aromatic heterocycles. The molecule has 0 aliphatic heterocycles. The number of nitrogens with zero attached hydrogens (tertiary/aromatic N) is 3. The van der Waals surface area contributed by atoms with E-state index >= 15 is 0 Å². The second kappa shape index (κ2) is 7.25. The first-order chi connectivity index (χ1) is 12.7. The van der Waals surface area contributed by atoms with Crippen LogP contribution in [-0.4, -0.2) is 32.2 Å². The number of imidazole rings is 1. The van der Waals surface area contributed by atoms with E-state index in [2.05, 4.69) is 11.9 Å². The zero-order valence-electron chi connectivity index (χ0n) is 14.7. The fourth-order valence-corrected chi connectivity index (χ4v) is 3.62. The minimum Gasteiger partial charge on any atom is -0.494 e. The summed E-state index contributed by atoms with van der Waals surface area (Å²) in [4.78, 5) is 9.12. The van der Waals surface area contributed by atoms with E-state index in [1.807, 2.05) is 34.9 Å². The fourth-order valence-electron chi connectivity index (χ4n) is 3.38. The molecule has 1 N–H and O–H groups in total. The molecule has 0 atom stereocenters. The predicted molar refractivity (Wildman–Crippen MR) is 102 cm³/mol. The van der Waals surface area contributed by atoms with Gasteiger partial charge in [0.1, 0.15) is 17.1 Å². The summed E-state index contributed by atoms with van der Waals surface area (Å²) in [6.45, 7) is 2.85. The molecule has 136 valence electrons. The smallest absolute Gasteiger partial charge is 0.155 e. The second-order valence-corrected chi connectivity index (χ2v) is 7.17. The summed E-state index contributed by atoms with van der Waals surface area (Å²) in [6, 6.07) is 7.94. The Labute approximate surface area is 157 Å². The number of fused-ring (bicyclic) bond motifs is 1. The standard InChI is InChI=1S/C20H22ClN3O2/c1-2-3-9-26-16-6-4-5-13(12-16)17-18-19(21)22-7-8-24(18)20(23-17)14-10-15(25)11-14/h4-8,12,14-15,25H,2-3,9-11H2,1H3/t14-,15+.